The molecule has 0 bridgehead atoms. The van der Waals surface area contributed by atoms with E-state index in [1.54, 1.807) is 27.7 Å². The number of carbonyl (C=O) groups excluding carboxylic acids is 1. The first-order chi connectivity index (χ1) is 9.90. The van der Waals surface area contributed by atoms with Crippen molar-refractivity contribution < 1.29 is 34.2 Å². The van der Waals surface area contributed by atoms with Crippen LogP contribution in [0.3, 0.4) is 0 Å². The first kappa shape index (κ1) is 21.0. The minimum absolute atomic E-state index is 0.432. The van der Waals surface area contributed by atoms with E-state index in [9.17, 15) is 14.7 Å². The lowest BCUT2D eigenvalue weighted by Crippen LogP contribution is -2.49. The van der Waals surface area contributed by atoms with Gasteiger partial charge in [0, 0.05) is 0 Å². The van der Waals surface area contributed by atoms with Crippen molar-refractivity contribution in [2.75, 3.05) is 0 Å². The number of carbonyl (C=O) groups is 2. The third-order valence-corrected chi connectivity index (χ3v) is 3.31. The Morgan fingerprint density at radius 1 is 0.864 bits per heavy atom. The minimum Gasteiger partial charge on any atom is -0.477 e. The quantitative estimate of drug-likeness (QED) is 0.355. The van der Waals surface area contributed by atoms with Gasteiger partial charge in [-0.15, -0.1) is 0 Å². The normalized spacial score (nSPS) is 13.2. The molecule has 0 aliphatic rings. The Balaban J connectivity index is 5.25. The molecule has 0 atom stereocenters. The van der Waals surface area contributed by atoms with Gasteiger partial charge < -0.3 is 5.11 Å². The summed E-state index contributed by atoms with van der Waals surface area (Å²) in [6.45, 7) is 11.9. The fraction of sp³-hybridized carbons (Fsp3) is 0.867. The molecule has 0 saturated heterocycles. The van der Waals surface area contributed by atoms with Crippen LogP contribution in [-0.4, -0.2) is 33.8 Å². The van der Waals surface area contributed by atoms with E-state index in [4.69, 9.17) is 19.6 Å². The third-order valence-electron chi connectivity index (χ3n) is 3.31. The molecule has 0 aromatic heterocycles. The van der Waals surface area contributed by atoms with Crippen LogP contribution in [0.1, 0.15) is 67.7 Å². The number of Topliss-reactive ketones (excluding diaryl/α,β-unsaturated/α-hetero) is 1. The van der Waals surface area contributed by atoms with Gasteiger partial charge in [-0.25, -0.2) is 14.6 Å². The fourth-order valence-corrected chi connectivity index (χ4v) is 1.03. The summed E-state index contributed by atoms with van der Waals surface area (Å²) in [7, 11) is 0. The molecular weight excluding hydrogens is 292 g/mol. The maximum atomic E-state index is 11.6. The van der Waals surface area contributed by atoms with Crippen molar-refractivity contribution in [2.24, 2.45) is 0 Å². The number of aliphatic carboxylic acids is 1. The van der Waals surface area contributed by atoms with Gasteiger partial charge in [0.15, 0.2) is 0 Å². The van der Waals surface area contributed by atoms with Crippen molar-refractivity contribution in [3.8, 4) is 0 Å². The molecule has 0 saturated carbocycles. The Morgan fingerprint density at radius 2 is 1.23 bits per heavy atom. The van der Waals surface area contributed by atoms with Crippen molar-refractivity contribution in [2.45, 2.75) is 84.7 Å². The van der Waals surface area contributed by atoms with Crippen LogP contribution >= 0.6 is 0 Å². The molecule has 0 fully saturated rings. The summed E-state index contributed by atoms with van der Waals surface area (Å²) in [4.78, 5) is 43.4. The van der Waals surface area contributed by atoms with Crippen LogP contribution in [0.4, 0.5) is 0 Å². The van der Waals surface area contributed by atoms with E-state index in [-0.39, 0.29) is 0 Å². The van der Waals surface area contributed by atoms with Gasteiger partial charge in [0.25, 0.3) is 0 Å². The Kier molecular flexibility index (Phi) is 7.64. The summed E-state index contributed by atoms with van der Waals surface area (Å²) in [5.74, 6) is -4.27. The highest BCUT2D eigenvalue weighted by Gasteiger charge is 2.48. The molecule has 0 aliphatic heterocycles. The largest absolute Gasteiger partial charge is 0.477 e. The predicted molar refractivity (Wildman–Crippen MR) is 78.7 cm³/mol. The van der Waals surface area contributed by atoms with Crippen LogP contribution in [0.25, 0.3) is 0 Å². The fourth-order valence-electron chi connectivity index (χ4n) is 1.03. The lowest BCUT2D eigenvalue weighted by Gasteiger charge is -2.33. The van der Waals surface area contributed by atoms with Gasteiger partial charge in [-0.1, -0.05) is 13.8 Å². The highest BCUT2D eigenvalue weighted by molar-refractivity contribution is 5.85. The molecular formula is C15H28O7. The average molecular weight is 320 g/mol. The predicted octanol–water partition coefficient (Wildman–Crippen LogP) is 3.02. The molecule has 0 radical (unpaired) electrons. The SMILES string of the molecule is CCC(C)(C)OOC(CC(C)=O)(OOC(C)(C)CC)C(=O)O. The van der Waals surface area contributed by atoms with E-state index < -0.39 is 35.2 Å². The van der Waals surface area contributed by atoms with E-state index in [2.05, 4.69) is 0 Å². The molecule has 0 aromatic rings. The molecule has 0 aliphatic carbocycles. The van der Waals surface area contributed by atoms with E-state index in [0.29, 0.717) is 12.8 Å². The van der Waals surface area contributed by atoms with Gasteiger partial charge in [-0.3, -0.25) is 4.79 Å². The zero-order chi connectivity index (χ0) is 17.6. The lowest BCUT2D eigenvalue weighted by atomic mass is 10.1. The van der Waals surface area contributed by atoms with Crippen molar-refractivity contribution in [3.63, 3.8) is 0 Å². The van der Waals surface area contributed by atoms with E-state index in [1.807, 2.05) is 13.8 Å². The second kappa shape index (κ2) is 8.01. The highest BCUT2D eigenvalue weighted by atomic mass is 17.3. The summed E-state index contributed by atoms with van der Waals surface area (Å²) in [6.07, 6.45) is 0.607. The second-order valence-corrected chi connectivity index (χ2v) is 6.50. The zero-order valence-corrected chi connectivity index (χ0v) is 14.5. The Bertz CT molecular complexity index is 367. The second-order valence-electron chi connectivity index (χ2n) is 6.50. The molecule has 22 heavy (non-hydrogen) atoms. The maximum Gasteiger partial charge on any atom is 0.370 e. The number of ketones is 1. The number of hydrogen-bond donors (Lipinski definition) is 1. The molecule has 7 nitrogen and oxygen atoms in total. The number of rotatable bonds is 11. The first-order valence-electron chi connectivity index (χ1n) is 7.36. The van der Waals surface area contributed by atoms with Crippen LogP contribution in [0, 0.1) is 0 Å². The molecule has 130 valence electrons. The smallest absolute Gasteiger partial charge is 0.370 e. The summed E-state index contributed by atoms with van der Waals surface area (Å²) >= 11 is 0. The standard InChI is InChI=1S/C15H28O7/c1-8-13(4,5)19-21-15(12(17)18,10-11(3)16)22-20-14(6,7)9-2/h8-10H2,1-7H3,(H,17,18). The average Bonchev–Trinajstić information content (AvgIpc) is 2.41. The van der Waals surface area contributed by atoms with Crippen molar-refractivity contribution in [1.29, 1.82) is 0 Å². The topological polar surface area (TPSA) is 91.3 Å². The van der Waals surface area contributed by atoms with Crippen LogP contribution in [0.2, 0.25) is 0 Å². The molecule has 7 heteroatoms. The molecule has 0 rings (SSSR count). The molecule has 1 N–H and O–H groups in total. The number of carboxylic acid groups (broad SMARTS) is 1. The number of hydrogen-bond acceptors (Lipinski definition) is 6. The van der Waals surface area contributed by atoms with Gasteiger partial charge in [-0.2, -0.15) is 9.78 Å². The summed E-state index contributed by atoms with van der Waals surface area (Å²) in [6, 6.07) is 0. The van der Waals surface area contributed by atoms with E-state index >= 15 is 0 Å². The van der Waals surface area contributed by atoms with Crippen LogP contribution in [0.5, 0.6) is 0 Å². The molecule has 0 aromatic carbocycles. The summed E-state index contributed by atoms with van der Waals surface area (Å²) < 4.78 is 0. The molecule has 0 spiro atoms. The van der Waals surface area contributed by atoms with Crippen LogP contribution < -0.4 is 0 Å². The third kappa shape index (κ3) is 6.83. The van der Waals surface area contributed by atoms with Gasteiger partial charge in [0.1, 0.15) is 5.78 Å². The van der Waals surface area contributed by atoms with Gasteiger partial charge in [-0.05, 0) is 47.5 Å². The van der Waals surface area contributed by atoms with Gasteiger partial charge >= 0.3 is 11.8 Å². The van der Waals surface area contributed by atoms with Gasteiger partial charge in [0.05, 0.1) is 17.6 Å². The molecule has 0 unspecified atom stereocenters. The van der Waals surface area contributed by atoms with Crippen LogP contribution in [-0.2, 0) is 29.1 Å². The molecule has 0 amide bonds. The Morgan fingerprint density at radius 3 is 1.45 bits per heavy atom. The minimum atomic E-state index is -2.34. The van der Waals surface area contributed by atoms with Gasteiger partial charge in [0.2, 0.25) is 0 Å². The first-order valence-corrected chi connectivity index (χ1v) is 7.36. The van der Waals surface area contributed by atoms with Crippen LogP contribution in [0.15, 0.2) is 0 Å². The van der Waals surface area contributed by atoms with E-state index in [1.165, 1.54) is 6.92 Å². The van der Waals surface area contributed by atoms with Crippen molar-refractivity contribution in [3.05, 3.63) is 0 Å². The molecule has 0 heterocycles. The zero-order valence-electron chi connectivity index (χ0n) is 14.5. The monoisotopic (exact) mass is 320 g/mol. The lowest BCUT2D eigenvalue weighted by molar-refractivity contribution is -0.528. The number of carboxylic acids is 1. The Labute approximate surface area is 131 Å². The summed E-state index contributed by atoms with van der Waals surface area (Å²) in [5.41, 5.74) is -1.47. The van der Waals surface area contributed by atoms with Crippen molar-refractivity contribution in [1.82, 2.24) is 0 Å². The summed E-state index contributed by atoms with van der Waals surface area (Å²) in [5, 5.41) is 9.45. The maximum absolute atomic E-state index is 11.6. The van der Waals surface area contributed by atoms with Crippen molar-refractivity contribution >= 4 is 11.8 Å². The Hall–Kier alpha value is -1.02. The highest BCUT2D eigenvalue weighted by Crippen LogP contribution is 2.27. The van der Waals surface area contributed by atoms with E-state index in [0.717, 1.165) is 0 Å².